The molecule has 0 saturated carbocycles. The van der Waals surface area contributed by atoms with E-state index in [0.29, 0.717) is 6.04 Å². The highest BCUT2D eigenvalue weighted by molar-refractivity contribution is 7.98. The molecule has 0 bridgehead atoms. The third-order valence-electron chi connectivity index (χ3n) is 4.16. The maximum atomic E-state index is 5.67. The van der Waals surface area contributed by atoms with Crippen LogP contribution < -0.4 is 5.32 Å². The van der Waals surface area contributed by atoms with Crippen molar-refractivity contribution < 1.29 is 0 Å². The number of thioether (sulfide) groups is 1. The van der Waals surface area contributed by atoms with Crippen molar-refractivity contribution in [3.63, 3.8) is 0 Å². The second kappa shape index (κ2) is 8.31. The van der Waals surface area contributed by atoms with E-state index in [4.69, 9.17) is 17.2 Å². The highest BCUT2D eigenvalue weighted by Crippen LogP contribution is 2.35. The van der Waals surface area contributed by atoms with Crippen LogP contribution >= 0.6 is 35.3 Å². The van der Waals surface area contributed by atoms with E-state index in [-0.39, 0.29) is 0 Å². The molecular formula is C17H23N3S3. The lowest BCUT2D eigenvalue weighted by Gasteiger charge is -2.36. The molecule has 1 fully saturated rings. The van der Waals surface area contributed by atoms with Crippen LogP contribution in [0, 0.1) is 0 Å². The summed E-state index contributed by atoms with van der Waals surface area (Å²) in [6, 6.07) is 8.73. The summed E-state index contributed by atoms with van der Waals surface area (Å²) in [6.07, 6.45) is 6.92. The van der Waals surface area contributed by atoms with E-state index in [1.165, 1.54) is 28.3 Å². The lowest BCUT2D eigenvalue weighted by Crippen LogP contribution is -2.44. The zero-order chi connectivity index (χ0) is 16.1. The van der Waals surface area contributed by atoms with Crippen molar-refractivity contribution in [1.82, 2.24) is 15.2 Å². The summed E-state index contributed by atoms with van der Waals surface area (Å²) in [7, 11) is 0. The third-order valence-corrected chi connectivity index (χ3v) is 6.37. The largest absolute Gasteiger partial charge is 0.363 e. The second-order valence-electron chi connectivity index (χ2n) is 5.80. The van der Waals surface area contributed by atoms with Crippen molar-refractivity contribution in [2.75, 3.05) is 25.1 Å². The smallest absolute Gasteiger partial charge is 0.169 e. The number of hydrogen-bond acceptors (Lipinski definition) is 4. The van der Waals surface area contributed by atoms with Gasteiger partial charge in [0.05, 0.1) is 16.3 Å². The summed E-state index contributed by atoms with van der Waals surface area (Å²) in [5.41, 5.74) is 1.11. The minimum Gasteiger partial charge on any atom is -0.363 e. The Balaban J connectivity index is 1.71. The van der Waals surface area contributed by atoms with E-state index in [9.17, 15) is 0 Å². The van der Waals surface area contributed by atoms with Crippen molar-refractivity contribution in [3.05, 3.63) is 29.3 Å². The van der Waals surface area contributed by atoms with Gasteiger partial charge in [0.1, 0.15) is 5.01 Å². The fourth-order valence-corrected chi connectivity index (χ4v) is 4.85. The first-order chi connectivity index (χ1) is 11.3. The maximum Gasteiger partial charge on any atom is 0.169 e. The molecule has 1 N–H and O–H groups in total. The molecule has 1 atom stereocenters. The van der Waals surface area contributed by atoms with Gasteiger partial charge < -0.3 is 10.2 Å². The first-order valence-electron chi connectivity index (χ1n) is 8.18. The quantitative estimate of drug-likeness (QED) is 0.624. The number of piperidine rings is 1. The minimum absolute atomic E-state index is 0.335. The number of fused-ring (bicyclic) bond motifs is 1. The number of likely N-dealkylation sites (tertiary alicyclic amines) is 1. The van der Waals surface area contributed by atoms with Gasteiger partial charge in [0, 0.05) is 13.1 Å². The van der Waals surface area contributed by atoms with Gasteiger partial charge >= 0.3 is 0 Å². The molecule has 6 heteroatoms. The fourth-order valence-electron chi connectivity index (χ4n) is 2.98. The molecule has 0 spiro atoms. The zero-order valence-electron chi connectivity index (χ0n) is 13.5. The predicted molar refractivity (Wildman–Crippen MR) is 107 cm³/mol. The van der Waals surface area contributed by atoms with Crippen LogP contribution in [-0.2, 0) is 0 Å². The van der Waals surface area contributed by atoms with E-state index in [2.05, 4.69) is 40.7 Å². The van der Waals surface area contributed by atoms with Gasteiger partial charge in [-0.3, -0.25) is 0 Å². The molecule has 1 saturated heterocycles. The van der Waals surface area contributed by atoms with Crippen LogP contribution in [0.1, 0.15) is 36.7 Å². The summed E-state index contributed by atoms with van der Waals surface area (Å²) in [6.45, 7) is 2.00. The molecule has 1 aromatic carbocycles. The molecule has 3 rings (SSSR count). The summed E-state index contributed by atoms with van der Waals surface area (Å²) in [5, 5.41) is 5.55. The van der Waals surface area contributed by atoms with Crippen LogP contribution in [0.15, 0.2) is 24.3 Å². The van der Waals surface area contributed by atoms with Crippen LogP contribution in [0.4, 0.5) is 0 Å². The Morgan fingerprint density at radius 2 is 2.30 bits per heavy atom. The number of benzene rings is 1. The van der Waals surface area contributed by atoms with Gasteiger partial charge in [0.2, 0.25) is 0 Å². The number of nitrogens with one attached hydrogen (secondary N) is 1. The molecule has 0 radical (unpaired) electrons. The number of hydrogen-bond donors (Lipinski definition) is 1. The van der Waals surface area contributed by atoms with E-state index in [1.807, 2.05) is 23.1 Å². The molecule has 124 valence electrons. The topological polar surface area (TPSA) is 28.2 Å². The molecule has 1 aromatic heterocycles. The van der Waals surface area contributed by atoms with E-state index in [0.717, 1.165) is 36.6 Å². The van der Waals surface area contributed by atoms with E-state index < -0.39 is 0 Å². The fraction of sp³-hybridized carbons (Fsp3) is 0.529. The van der Waals surface area contributed by atoms with Gasteiger partial charge in [-0.25, -0.2) is 4.98 Å². The number of thiazole rings is 1. The molecule has 0 unspecified atom stereocenters. The summed E-state index contributed by atoms with van der Waals surface area (Å²) < 4.78 is 1.27. The summed E-state index contributed by atoms with van der Waals surface area (Å²) >= 11 is 9.36. The molecule has 1 aliphatic rings. The molecule has 2 aromatic rings. The van der Waals surface area contributed by atoms with Crippen molar-refractivity contribution in [2.45, 2.75) is 31.7 Å². The highest BCUT2D eigenvalue weighted by Gasteiger charge is 2.28. The van der Waals surface area contributed by atoms with E-state index in [1.54, 1.807) is 0 Å². The van der Waals surface area contributed by atoms with Gasteiger partial charge in [-0.1, -0.05) is 12.1 Å². The number of thiocarbonyl (C=S) groups is 1. The number of para-hydroxylation sites is 1. The number of rotatable bonds is 5. The van der Waals surface area contributed by atoms with Crippen LogP contribution in [0.2, 0.25) is 0 Å². The predicted octanol–water partition coefficient (Wildman–Crippen LogP) is 4.45. The van der Waals surface area contributed by atoms with Gasteiger partial charge in [0.15, 0.2) is 5.11 Å². The lowest BCUT2D eigenvalue weighted by molar-refractivity contribution is 0.242. The Bertz CT molecular complexity index is 622. The number of nitrogens with zero attached hydrogens (tertiary/aromatic N) is 2. The Kier molecular flexibility index (Phi) is 6.14. The Labute approximate surface area is 151 Å². The average Bonchev–Trinajstić information content (AvgIpc) is 3.02. The number of aromatic nitrogens is 1. The van der Waals surface area contributed by atoms with Crippen LogP contribution in [0.3, 0.4) is 0 Å². The molecular weight excluding hydrogens is 342 g/mol. The van der Waals surface area contributed by atoms with Crippen LogP contribution in [0.5, 0.6) is 0 Å². The minimum atomic E-state index is 0.335. The first-order valence-corrected chi connectivity index (χ1v) is 10.8. The normalized spacial score (nSPS) is 18.3. The molecule has 3 nitrogen and oxygen atoms in total. The second-order valence-corrected chi connectivity index (χ2v) is 8.24. The monoisotopic (exact) mass is 365 g/mol. The summed E-state index contributed by atoms with van der Waals surface area (Å²) in [4.78, 5) is 7.22. The SMILES string of the molecule is CSCCCNC(=S)N1CCCC[C@@H]1c1nc2ccccc2s1. The lowest BCUT2D eigenvalue weighted by atomic mass is 10.0. The molecule has 23 heavy (non-hydrogen) atoms. The van der Waals surface area contributed by atoms with Gasteiger partial charge in [-0.2, -0.15) is 11.8 Å². The summed E-state index contributed by atoms with van der Waals surface area (Å²) in [5.74, 6) is 1.18. The Morgan fingerprint density at radius 1 is 1.43 bits per heavy atom. The van der Waals surface area contributed by atoms with Crippen LogP contribution in [0.25, 0.3) is 10.2 Å². The molecule has 0 aliphatic carbocycles. The highest BCUT2D eigenvalue weighted by atomic mass is 32.2. The van der Waals surface area contributed by atoms with Crippen molar-refractivity contribution in [2.24, 2.45) is 0 Å². The average molecular weight is 366 g/mol. The first kappa shape index (κ1) is 17.0. The maximum absolute atomic E-state index is 5.67. The molecule has 1 aliphatic heterocycles. The third kappa shape index (κ3) is 4.17. The Hall–Kier alpha value is -0.850. The van der Waals surface area contributed by atoms with Crippen molar-refractivity contribution >= 4 is 50.6 Å². The van der Waals surface area contributed by atoms with Gasteiger partial charge in [-0.05, 0) is 62.0 Å². The Morgan fingerprint density at radius 3 is 3.13 bits per heavy atom. The van der Waals surface area contributed by atoms with Gasteiger partial charge in [-0.15, -0.1) is 11.3 Å². The standard InChI is InChI=1S/C17H23N3S3/c1-22-12-6-10-18-17(21)20-11-5-4-8-14(20)16-19-13-7-2-3-9-15(13)23-16/h2-3,7,9,14H,4-6,8,10-12H2,1H3,(H,18,21)/t14-/m1/s1. The van der Waals surface area contributed by atoms with Crippen LogP contribution in [-0.4, -0.2) is 40.1 Å². The van der Waals surface area contributed by atoms with Crippen molar-refractivity contribution in [3.8, 4) is 0 Å². The van der Waals surface area contributed by atoms with E-state index >= 15 is 0 Å². The van der Waals surface area contributed by atoms with Crippen molar-refractivity contribution in [1.29, 1.82) is 0 Å². The molecule has 0 amide bonds. The zero-order valence-corrected chi connectivity index (χ0v) is 15.9. The molecule has 2 heterocycles. The van der Waals surface area contributed by atoms with Gasteiger partial charge in [0.25, 0.3) is 0 Å².